The monoisotopic (exact) mass is 406 g/mol. The van der Waals surface area contributed by atoms with Crippen molar-refractivity contribution in [3.05, 3.63) is 71.7 Å². The molecule has 0 unspecified atom stereocenters. The first-order valence-corrected chi connectivity index (χ1v) is 9.62. The predicted octanol–water partition coefficient (Wildman–Crippen LogP) is 4.14. The van der Waals surface area contributed by atoms with E-state index in [9.17, 15) is 9.59 Å². The van der Waals surface area contributed by atoms with Crippen molar-refractivity contribution in [2.75, 3.05) is 31.0 Å². The molecule has 1 aromatic heterocycles. The molecule has 0 fully saturated rings. The van der Waals surface area contributed by atoms with Crippen LogP contribution in [0.15, 0.2) is 59.2 Å². The number of fused-ring (bicyclic) bond motifs is 1. The fraction of sp³-hybridized carbons (Fsp3) is 0.217. The Balaban J connectivity index is 1.58. The van der Waals surface area contributed by atoms with Crippen molar-refractivity contribution in [3.63, 3.8) is 0 Å². The van der Waals surface area contributed by atoms with Gasteiger partial charge in [0.2, 0.25) is 0 Å². The van der Waals surface area contributed by atoms with E-state index in [1.54, 1.807) is 42.3 Å². The standard InChI is InChI=1S/C23H22N2O5/c1-28-19-10-8-16(13-21(19)29-2)22(26)24-17-9-7-15-5-3-11-25(18(15)14-17)23(27)20-6-4-12-30-20/h4,6-10,12-14H,3,5,11H2,1-2H3,(H,24,26). The zero-order valence-electron chi connectivity index (χ0n) is 16.8. The number of nitrogens with one attached hydrogen (secondary N) is 1. The Kier molecular flexibility index (Phi) is 5.43. The van der Waals surface area contributed by atoms with Crippen molar-refractivity contribution >= 4 is 23.2 Å². The van der Waals surface area contributed by atoms with Gasteiger partial charge in [-0.1, -0.05) is 6.07 Å². The molecule has 0 radical (unpaired) electrons. The van der Waals surface area contributed by atoms with Gasteiger partial charge in [-0.3, -0.25) is 9.59 Å². The second kappa shape index (κ2) is 8.32. The summed E-state index contributed by atoms with van der Waals surface area (Å²) in [6.07, 6.45) is 3.23. The van der Waals surface area contributed by atoms with Gasteiger partial charge in [-0.15, -0.1) is 0 Å². The molecule has 1 N–H and O–H groups in total. The van der Waals surface area contributed by atoms with Crippen LogP contribution in [0.25, 0.3) is 0 Å². The van der Waals surface area contributed by atoms with Crippen molar-refractivity contribution in [1.29, 1.82) is 0 Å². The molecular weight excluding hydrogens is 384 g/mol. The number of aryl methyl sites for hydroxylation is 1. The third-order valence-corrected chi connectivity index (χ3v) is 5.08. The zero-order chi connectivity index (χ0) is 21.1. The summed E-state index contributed by atoms with van der Waals surface area (Å²) in [5.41, 5.74) is 2.89. The van der Waals surface area contributed by atoms with Crippen molar-refractivity contribution in [2.45, 2.75) is 12.8 Å². The van der Waals surface area contributed by atoms with Gasteiger partial charge in [0, 0.05) is 23.5 Å². The average Bonchev–Trinajstić information content (AvgIpc) is 3.32. The van der Waals surface area contributed by atoms with E-state index in [0.717, 1.165) is 24.1 Å². The van der Waals surface area contributed by atoms with E-state index in [0.29, 0.717) is 35.1 Å². The lowest BCUT2D eigenvalue weighted by Crippen LogP contribution is -2.35. The van der Waals surface area contributed by atoms with Gasteiger partial charge in [0.25, 0.3) is 11.8 Å². The van der Waals surface area contributed by atoms with Gasteiger partial charge in [-0.05, 0) is 60.9 Å². The highest BCUT2D eigenvalue weighted by atomic mass is 16.5. The van der Waals surface area contributed by atoms with Crippen LogP contribution in [0, 0.1) is 0 Å². The molecule has 4 rings (SSSR count). The molecule has 0 atom stereocenters. The van der Waals surface area contributed by atoms with Gasteiger partial charge in [0.05, 0.1) is 20.5 Å². The zero-order valence-corrected chi connectivity index (χ0v) is 16.8. The number of amides is 2. The van der Waals surface area contributed by atoms with Crippen LogP contribution < -0.4 is 19.7 Å². The number of hydrogen-bond acceptors (Lipinski definition) is 5. The fourth-order valence-corrected chi connectivity index (χ4v) is 3.58. The minimum Gasteiger partial charge on any atom is -0.493 e. The minimum atomic E-state index is -0.282. The summed E-state index contributed by atoms with van der Waals surface area (Å²) in [6.45, 7) is 0.597. The predicted molar refractivity (Wildman–Crippen MR) is 113 cm³/mol. The molecule has 0 saturated heterocycles. The summed E-state index contributed by atoms with van der Waals surface area (Å²) < 4.78 is 15.8. The van der Waals surface area contributed by atoms with E-state index in [1.165, 1.54) is 13.4 Å². The SMILES string of the molecule is COc1ccc(C(=O)Nc2ccc3c(c2)N(C(=O)c2ccco2)CCC3)cc1OC. The number of benzene rings is 2. The van der Waals surface area contributed by atoms with Gasteiger partial charge >= 0.3 is 0 Å². The number of anilines is 2. The van der Waals surface area contributed by atoms with Crippen molar-refractivity contribution < 1.29 is 23.5 Å². The smallest absolute Gasteiger partial charge is 0.293 e. The van der Waals surface area contributed by atoms with E-state index in [-0.39, 0.29) is 11.8 Å². The second-order valence-electron chi connectivity index (χ2n) is 6.91. The topological polar surface area (TPSA) is 81.0 Å². The summed E-state index contributed by atoms with van der Waals surface area (Å²) in [4.78, 5) is 27.3. The number of rotatable bonds is 5. The largest absolute Gasteiger partial charge is 0.493 e. The molecular formula is C23H22N2O5. The molecule has 0 saturated carbocycles. The van der Waals surface area contributed by atoms with E-state index in [4.69, 9.17) is 13.9 Å². The molecule has 7 heteroatoms. The molecule has 2 heterocycles. The summed E-state index contributed by atoms with van der Waals surface area (Å²) in [5, 5.41) is 2.89. The molecule has 0 spiro atoms. The van der Waals surface area contributed by atoms with Crippen LogP contribution >= 0.6 is 0 Å². The van der Waals surface area contributed by atoms with E-state index in [2.05, 4.69) is 5.32 Å². The summed E-state index contributed by atoms with van der Waals surface area (Å²) in [7, 11) is 3.06. The van der Waals surface area contributed by atoms with Gasteiger partial charge in [0.15, 0.2) is 17.3 Å². The van der Waals surface area contributed by atoms with Crippen LogP contribution in [-0.4, -0.2) is 32.6 Å². The normalized spacial score (nSPS) is 12.8. The maximum Gasteiger partial charge on any atom is 0.293 e. The van der Waals surface area contributed by atoms with E-state index < -0.39 is 0 Å². The number of carbonyl (C=O) groups is 2. The number of nitrogens with zero attached hydrogens (tertiary/aromatic N) is 1. The number of carbonyl (C=O) groups excluding carboxylic acids is 2. The number of ether oxygens (including phenoxy) is 2. The van der Waals surface area contributed by atoms with E-state index >= 15 is 0 Å². The Morgan fingerprint density at radius 1 is 1.03 bits per heavy atom. The highest BCUT2D eigenvalue weighted by molar-refractivity contribution is 6.07. The Labute approximate surface area is 174 Å². The Hall–Kier alpha value is -3.74. The number of methoxy groups -OCH3 is 2. The van der Waals surface area contributed by atoms with Crippen molar-refractivity contribution in [2.24, 2.45) is 0 Å². The minimum absolute atomic E-state index is 0.190. The van der Waals surface area contributed by atoms with Crippen LogP contribution in [0.4, 0.5) is 11.4 Å². The second-order valence-corrected chi connectivity index (χ2v) is 6.91. The lowest BCUT2D eigenvalue weighted by molar-refractivity contribution is 0.0958. The van der Waals surface area contributed by atoms with Crippen LogP contribution in [0.2, 0.25) is 0 Å². The molecule has 0 aliphatic carbocycles. The first-order valence-electron chi connectivity index (χ1n) is 9.62. The van der Waals surface area contributed by atoms with Crippen LogP contribution in [0.1, 0.15) is 32.9 Å². The molecule has 1 aliphatic heterocycles. The van der Waals surface area contributed by atoms with Gasteiger partial charge in [0.1, 0.15) is 0 Å². The molecule has 1 aliphatic rings. The Bertz CT molecular complexity index is 1080. The molecule has 0 bridgehead atoms. The van der Waals surface area contributed by atoms with Gasteiger partial charge in [-0.25, -0.2) is 0 Å². The van der Waals surface area contributed by atoms with Crippen LogP contribution in [0.5, 0.6) is 11.5 Å². The lowest BCUT2D eigenvalue weighted by Gasteiger charge is -2.29. The third kappa shape index (κ3) is 3.74. The average molecular weight is 406 g/mol. The summed E-state index contributed by atoms with van der Waals surface area (Å²) >= 11 is 0. The fourth-order valence-electron chi connectivity index (χ4n) is 3.58. The molecule has 2 aromatic carbocycles. The maximum atomic E-state index is 12.8. The maximum absolute atomic E-state index is 12.8. The molecule has 30 heavy (non-hydrogen) atoms. The highest BCUT2D eigenvalue weighted by Gasteiger charge is 2.25. The number of hydrogen-bond donors (Lipinski definition) is 1. The summed E-state index contributed by atoms with van der Waals surface area (Å²) in [5.74, 6) is 0.850. The third-order valence-electron chi connectivity index (χ3n) is 5.08. The first-order chi connectivity index (χ1) is 14.6. The Morgan fingerprint density at radius 3 is 2.60 bits per heavy atom. The Morgan fingerprint density at radius 2 is 1.87 bits per heavy atom. The van der Waals surface area contributed by atoms with Crippen molar-refractivity contribution in [1.82, 2.24) is 0 Å². The molecule has 3 aromatic rings. The van der Waals surface area contributed by atoms with Gasteiger partial charge in [-0.2, -0.15) is 0 Å². The molecule has 2 amide bonds. The van der Waals surface area contributed by atoms with Crippen LogP contribution in [0.3, 0.4) is 0 Å². The quantitative estimate of drug-likeness (QED) is 0.689. The van der Waals surface area contributed by atoms with Gasteiger partial charge < -0.3 is 24.1 Å². The van der Waals surface area contributed by atoms with Crippen LogP contribution in [-0.2, 0) is 6.42 Å². The summed E-state index contributed by atoms with van der Waals surface area (Å²) in [6, 6.07) is 13.9. The molecule has 154 valence electrons. The lowest BCUT2D eigenvalue weighted by atomic mass is 10.0. The van der Waals surface area contributed by atoms with Crippen molar-refractivity contribution in [3.8, 4) is 11.5 Å². The molecule has 7 nitrogen and oxygen atoms in total. The van der Waals surface area contributed by atoms with E-state index in [1.807, 2.05) is 18.2 Å². The first kappa shape index (κ1) is 19.6. The highest BCUT2D eigenvalue weighted by Crippen LogP contribution is 2.32. The number of furan rings is 1.